The Morgan fingerprint density at radius 1 is 1.22 bits per heavy atom. The number of guanidine groups is 1. The third kappa shape index (κ3) is 7.03. The molecule has 0 saturated carbocycles. The van der Waals surface area contributed by atoms with Crippen molar-refractivity contribution in [3.63, 3.8) is 0 Å². The van der Waals surface area contributed by atoms with Gasteiger partial charge < -0.3 is 15.1 Å². The number of aliphatic imine (C=N–C) groups is 1. The molecule has 0 amide bonds. The van der Waals surface area contributed by atoms with Crippen molar-refractivity contribution in [2.24, 2.45) is 4.99 Å². The first-order valence-electron chi connectivity index (χ1n) is 7.82. The van der Waals surface area contributed by atoms with E-state index in [1.54, 1.807) is 0 Å². The van der Waals surface area contributed by atoms with E-state index in [1.165, 1.54) is 12.2 Å². The fourth-order valence-electron chi connectivity index (χ4n) is 2.19. The van der Waals surface area contributed by atoms with Crippen LogP contribution in [0.25, 0.3) is 11.0 Å². The summed E-state index contributed by atoms with van der Waals surface area (Å²) in [4.78, 5) is 4.59. The van der Waals surface area contributed by atoms with E-state index in [4.69, 9.17) is 4.42 Å². The molecule has 0 atom stereocenters. The first-order valence-corrected chi connectivity index (χ1v) is 9.21. The standard InChI is InChI=1S/C17H25N3OS.HI/c1-3-18-17(19-10-6-7-11-22-2)20-13-15-12-14-8-4-5-9-16(14)21-15;/h4-5,8-9,12H,3,6-7,10-11,13H2,1-2H3,(H2,18,19,20);1H. The number of halogens is 1. The van der Waals surface area contributed by atoms with E-state index < -0.39 is 0 Å². The summed E-state index contributed by atoms with van der Waals surface area (Å²) in [5.74, 6) is 2.96. The van der Waals surface area contributed by atoms with Gasteiger partial charge in [0.25, 0.3) is 0 Å². The molecular weight excluding hydrogens is 421 g/mol. The number of rotatable bonds is 8. The number of furan rings is 1. The smallest absolute Gasteiger partial charge is 0.191 e. The second-order valence-corrected chi connectivity index (χ2v) is 6.06. The molecule has 2 N–H and O–H groups in total. The zero-order chi connectivity index (χ0) is 15.6. The third-order valence-electron chi connectivity index (χ3n) is 3.28. The number of nitrogens with one attached hydrogen (secondary N) is 2. The molecule has 1 aromatic heterocycles. The van der Waals surface area contributed by atoms with Gasteiger partial charge in [0.15, 0.2) is 5.96 Å². The van der Waals surface area contributed by atoms with Crippen LogP contribution < -0.4 is 10.6 Å². The first-order chi connectivity index (χ1) is 10.8. The molecule has 4 nitrogen and oxygen atoms in total. The topological polar surface area (TPSA) is 49.6 Å². The van der Waals surface area contributed by atoms with Crippen LogP contribution >= 0.6 is 35.7 Å². The van der Waals surface area contributed by atoms with Crippen LogP contribution in [0.4, 0.5) is 0 Å². The Bertz CT molecular complexity index is 567. The summed E-state index contributed by atoms with van der Waals surface area (Å²) in [6, 6.07) is 10.1. The quantitative estimate of drug-likeness (QED) is 0.275. The van der Waals surface area contributed by atoms with Gasteiger partial charge in [-0.1, -0.05) is 18.2 Å². The maximum absolute atomic E-state index is 5.79. The fraction of sp³-hybridized carbons (Fsp3) is 0.471. The molecule has 23 heavy (non-hydrogen) atoms. The van der Waals surface area contributed by atoms with Crippen molar-refractivity contribution in [2.45, 2.75) is 26.3 Å². The molecule has 0 aliphatic rings. The van der Waals surface area contributed by atoms with Crippen LogP contribution in [0.5, 0.6) is 0 Å². The maximum Gasteiger partial charge on any atom is 0.191 e. The van der Waals surface area contributed by atoms with Crippen LogP contribution in [0.15, 0.2) is 39.7 Å². The minimum absolute atomic E-state index is 0. The monoisotopic (exact) mass is 447 g/mol. The van der Waals surface area contributed by atoms with Gasteiger partial charge in [-0.2, -0.15) is 11.8 Å². The van der Waals surface area contributed by atoms with Gasteiger partial charge in [-0.3, -0.25) is 0 Å². The normalized spacial score (nSPS) is 11.3. The number of hydrogen-bond donors (Lipinski definition) is 2. The molecule has 0 fully saturated rings. The van der Waals surface area contributed by atoms with Crippen molar-refractivity contribution in [1.82, 2.24) is 10.6 Å². The average Bonchev–Trinajstić information content (AvgIpc) is 2.95. The van der Waals surface area contributed by atoms with Gasteiger partial charge in [0, 0.05) is 18.5 Å². The van der Waals surface area contributed by atoms with E-state index >= 15 is 0 Å². The van der Waals surface area contributed by atoms with Gasteiger partial charge in [-0.25, -0.2) is 4.99 Å². The third-order valence-corrected chi connectivity index (χ3v) is 3.98. The van der Waals surface area contributed by atoms with Gasteiger partial charge in [-0.15, -0.1) is 24.0 Å². The Morgan fingerprint density at radius 2 is 2.04 bits per heavy atom. The van der Waals surface area contributed by atoms with Crippen molar-refractivity contribution in [3.8, 4) is 0 Å². The summed E-state index contributed by atoms with van der Waals surface area (Å²) >= 11 is 1.89. The molecule has 0 bridgehead atoms. The second kappa shape index (κ2) is 11.6. The van der Waals surface area contributed by atoms with Crippen LogP contribution in [0, 0.1) is 0 Å². The van der Waals surface area contributed by atoms with Crippen molar-refractivity contribution >= 4 is 52.7 Å². The lowest BCUT2D eigenvalue weighted by Crippen LogP contribution is -2.37. The highest BCUT2D eigenvalue weighted by atomic mass is 127. The van der Waals surface area contributed by atoms with Crippen LogP contribution in [0.2, 0.25) is 0 Å². The molecule has 1 heterocycles. The number of thioether (sulfide) groups is 1. The number of nitrogens with zero attached hydrogens (tertiary/aromatic N) is 1. The molecular formula is C17H26IN3OS. The van der Waals surface area contributed by atoms with Crippen molar-refractivity contribution in [3.05, 3.63) is 36.1 Å². The molecule has 0 radical (unpaired) electrons. The zero-order valence-electron chi connectivity index (χ0n) is 13.8. The van der Waals surface area contributed by atoms with Gasteiger partial charge in [0.05, 0.1) is 0 Å². The summed E-state index contributed by atoms with van der Waals surface area (Å²) in [6.07, 6.45) is 4.54. The summed E-state index contributed by atoms with van der Waals surface area (Å²) in [7, 11) is 0. The van der Waals surface area contributed by atoms with Crippen LogP contribution in [0.3, 0.4) is 0 Å². The zero-order valence-corrected chi connectivity index (χ0v) is 16.9. The number of hydrogen-bond acceptors (Lipinski definition) is 3. The molecule has 1 aromatic carbocycles. The Hall–Kier alpha value is -0.890. The molecule has 0 aliphatic carbocycles. The molecule has 0 aliphatic heterocycles. The lowest BCUT2D eigenvalue weighted by Gasteiger charge is -2.10. The van der Waals surface area contributed by atoms with Gasteiger partial charge in [0.2, 0.25) is 0 Å². The Kier molecular flexibility index (Phi) is 10.2. The molecule has 0 spiro atoms. The van der Waals surface area contributed by atoms with Crippen LogP contribution in [-0.4, -0.2) is 31.1 Å². The number of para-hydroxylation sites is 1. The van der Waals surface area contributed by atoms with E-state index in [9.17, 15) is 0 Å². The summed E-state index contributed by atoms with van der Waals surface area (Å²) in [6.45, 7) is 4.43. The van der Waals surface area contributed by atoms with Gasteiger partial charge >= 0.3 is 0 Å². The molecule has 2 aromatic rings. The predicted molar refractivity (Wildman–Crippen MR) is 112 cm³/mol. The highest BCUT2D eigenvalue weighted by Gasteiger charge is 2.03. The SMILES string of the molecule is CCNC(=NCc1cc2ccccc2o1)NCCCCSC.I. The van der Waals surface area contributed by atoms with Crippen LogP contribution in [0.1, 0.15) is 25.5 Å². The van der Waals surface area contributed by atoms with Crippen molar-refractivity contribution < 1.29 is 4.42 Å². The summed E-state index contributed by atoms with van der Waals surface area (Å²) < 4.78 is 5.79. The van der Waals surface area contributed by atoms with Crippen LogP contribution in [-0.2, 0) is 6.54 Å². The van der Waals surface area contributed by atoms with Gasteiger partial charge in [0.1, 0.15) is 17.9 Å². The maximum atomic E-state index is 5.79. The summed E-state index contributed by atoms with van der Waals surface area (Å²) in [5, 5.41) is 7.77. The van der Waals surface area contributed by atoms with E-state index in [-0.39, 0.29) is 24.0 Å². The average molecular weight is 447 g/mol. The number of benzene rings is 1. The summed E-state index contributed by atoms with van der Waals surface area (Å²) in [5.41, 5.74) is 0.919. The predicted octanol–water partition coefficient (Wildman–Crippen LogP) is 4.25. The lowest BCUT2D eigenvalue weighted by molar-refractivity contribution is 0.551. The number of fused-ring (bicyclic) bond motifs is 1. The second-order valence-electron chi connectivity index (χ2n) is 5.07. The molecule has 0 saturated heterocycles. The minimum atomic E-state index is 0. The van der Waals surface area contributed by atoms with E-state index in [1.807, 2.05) is 30.0 Å². The Labute approximate surface area is 159 Å². The molecule has 128 valence electrons. The molecule has 0 unspecified atom stereocenters. The Balaban J connectivity index is 0.00000264. The minimum Gasteiger partial charge on any atom is -0.459 e. The van der Waals surface area contributed by atoms with E-state index in [0.717, 1.165) is 42.2 Å². The first kappa shape index (κ1) is 20.2. The highest BCUT2D eigenvalue weighted by Crippen LogP contribution is 2.19. The van der Waals surface area contributed by atoms with Gasteiger partial charge in [-0.05, 0) is 43.9 Å². The Morgan fingerprint density at radius 3 is 2.78 bits per heavy atom. The fourth-order valence-corrected chi connectivity index (χ4v) is 2.68. The van der Waals surface area contributed by atoms with E-state index in [2.05, 4.69) is 40.9 Å². The van der Waals surface area contributed by atoms with E-state index in [0.29, 0.717) is 6.54 Å². The van der Waals surface area contributed by atoms with Crippen molar-refractivity contribution in [2.75, 3.05) is 25.1 Å². The lowest BCUT2D eigenvalue weighted by atomic mass is 10.2. The molecule has 2 rings (SSSR count). The largest absolute Gasteiger partial charge is 0.459 e. The van der Waals surface area contributed by atoms with Crippen molar-refractivity contribution in [1.29, 1.82) is 0 Å². The molecule has 6 heteroatoms. The number of unbranched alkanes of at least 4 members (excludes halogenated alkanes) is 1. The highest BCUT2D eigenvalue weighted by molar-refractivity contribution is 14.0.